The van der Waals surface area contributed by atoms with Crippen molar-refractivity contribution in [3.05, 3.63) is 12.7 Å². The maximum absolute atomic E-state index is 11.4. The number of hydrogen-bond acceptors (Lipinski definition) is 3. The van der Waals surface area contributed by atoms with Crippen molar-refractivity contribution in [2.75, 3.05) is 6.61 Å². The number of cyclic esters (lactones) is 1. The van der Waals surface area contributed by atoms with Crippen LogP contribution < -0.4 is 0 Å². The molecule has 0 saturated carbocycles. The Labute approximate surface area is 83.2 Å². The monoisotopic (exact) mass is 197 g/mol. The van der Waals surface area contributed by atoms with Gasteiger partial charge in [-0.3, -0.25) is 4.90 Å². The third kappa shape index (κ3) is 1.39. The highest BCUT2D eigenvalue weighted by molar-refractivity contribution is 5.71. The van der Waals surface area contributed by atoms with Crippen LogP contribution in [0, 0.1) is 0 Å². The van der Waals surface area contributed by atoms with E-state index in [1.54, 1.807) is 4.90 Å². The van der Waals surface area contributed by atoms with Crippen molar-refractivity contribution < 1.29 is 14.6 Å². The molecule has 2 rings (SSSR count). The molecule has 2 fully saturated rings. The molecule has 0 aromatic rings. The zero-order chi connectivity index (χ0) is 10.1. The molecule has 1 amide bonds. The van der Waals surface area contributed by atoms with Gasteiger partial charge >= 0.3 is 6.09 Å². The summed E-state index contributed by atoms with van der Waals surface area (Å²) in [5.41, 5.74) is 0. The fraction of sp³-hybridized carbons (Fsp3) is 0.700. The third-order valence-electron chi connectivity index (χ3n) is 3.02. The van der Waals surface area contributed by atoms with E-state index in [9.17, 15) is 9.90 Å². The van der Waals surface area contributed by atoms with Crippen molar-refractivity contribution in [2.24, 2.45) is 0 Å². The highest BCUT2D eigenvalue weighted by Crippen LogP contribution is 2.30. The Kier molecular flexibility index (Phi) is 2.46. The van der Waals surface area contributed by atoms with Crippen LogP contribution in [0.5, 0.6) is 0 Å². The molecule has 2 aliphatic heterocycles. The van der Waals surface area contributed by atoms with Gasteiger partial charge in [-0.1, -0.05) is 6.08 Å². The van der Waals surface area contributed by atoms with Crippen LogP contribution in [0.15, 0.2) is 12.7 Å². The molecular formula is C10H15NO3. The van der Waals surface area contributed by atoms with Crippen LogP contribution >= 0.6 is 0 Å². The van der Waals surface area contributed by atoms with Gasteiger partial charge in [-0.05, 0) is 19.3 Å². The average molecular weight is 197 g/mol. The Morgan fingerprint density at radius 3 is 3.14 bits per heavy atom. The van der Waals surface area contributed by atoms with E-state index in [2.05, 4.69) is 6.58 Å². The molecule has 14 heavy (non-hydrogen) atoms. The van der Waals surface area contributed by atoms with E-state index >= 15 is 0 Å². The number of amides is 1. The predicted molar refractivity (Wildman–Crippen MR) is 50.8 cm³/mol. The van der Waals surface area contributed by atoms with Crippen molar-refractivity contribution in [1.29, 1.82) is 0 Å². The van der Waals surface area contributed by atoms with Crippen LogP contribution in [-0.4, -0.2) is 40.9 Å². The SMILES string of the molecule is C=CC[C@@H]1CC[C@H](O)[C@H]2COC(=O)N12. The van der Waals surface area contributed by atoms with Gasteiger partial charge in [0.1, 0.15) is 6.61 Å². The maximum Gasteiger partial charge on any atom is 0.410 e. The van der Waals surface area contributed by atoms with Crippen molar-refractivity contribution in [3.8, 4) is 0 Å². The molecule has 0 radical (unpaired) electrons. The molecule has 0 spiro atoms. The molecule has 0 unspecified atom stereocenters. The minimum absolute atomic E-state index is 0.138. The standard InChI is InChI=1S/C10H15NO3/c1-2-3-7-4-5-9(12)8-6-14-10(13)11(7)8/h2,7-9,12H,1,3-6H2/t7-,8-,9+/m1/s1. The lowest BCUT2D eigenvalue weighted by Gasteiger charge is -2.37. The first-order valence-electron chi connectivity index (χ1n) is 4.98. The number of aliphatic hydroxyl groups excluding tert-OH is 1. The molecule has 3 atom stereocenters. The fourth-order valence-corrected chi connectivity index (χ4v) is 2.28. The van der Waals surface area contributed by atoms with Crippen LogP contribution in [0.3, 0.4) is 0 Å². The van der Waals surface area contributed by atoms with Crippen molar-refractivity contribution in [1.82, 2.24) is 4.90 Å². The van der Waals surface area contributed by atoms with E-state index in [0.29, 0.717) is 6.61 Å². The first-order chi connectivity index (χ1) is 6.74. The second-order valence-electron chi connectivity index (χ2n) is 3.87. The zero-order valence-electron chi connectivity index (χ0n) is 8.06. The minimum atomic E-state index is -0.428. The van der Waals surface area contributed by atoms with Gasteiger partial charge in [0, 0.05) is 6.04 Å². The Bertz CT molecular complexity index is 254. The van der Waals surface area contributed by atoms with Gasteiger partial charge in [0.2, 0.25) is 0 Å². The number of carbonyl (C=O) groups is 1. The fourth-order valence-electron chi connectivity index (χ4n) is 2.28. The molecule has 1 N–H and O–H groups in total. The summed E-state index contributed by atoms with van der Waals surface area (Å²) in [7, 11) is 0. The molecule has 2 aliphatic rings. The molecule has 2 heterocycles. The molecule has 0 bridgehead atoms. The van der Waals surface area contributed by atoms with Crippen LogP contribution in [0.1, 0.15) is 19.3 Å². The lowest BCUT2D eigenvalue weighted by Crippen LogP contribution is -2.52. The Balaban J connectivity index is 2.14. The van der Waals surface area contributed by atoms with E-state index in [0.717, 1.165) is 19.3 Å². The predicted octanol–water partition coefficient (Wildman–Crippen LogP) is 0.907. The van der Waals surface area contributed by atoms with Gasteiger partial charge in [-0.25, -0.2) is 4.79 Å². The van der Waals surface area contributed by atoms with Gasteiger partial charge in [0.25, 0.3) is 0 Å². The molecule has 2 saturated heterocycles. The number of rotatable bonds is 2. The highest BCUT2D eigenvalue weighted by Gasteiger charge is 2.44. The Morgan fingerprint density at radius 2 is 2.43 bits per heavy atom. The average Bonchev–Trinajstić information content (AvgIpc) is 2.55. The quantitative estimate of drug-likeness (QED) is 0.669. The van der Waals surface area contributed by atoms with E-state index in [1.807, 2.05) is 6.08 Å². The van der Waals surface area contributed by atoms with Crippen molar-refractivity contribution in [2.45, 2.75) is 37.5 Å². The summed E-state index contributed by atoms with van der Waals surface area (Å²) in [6.45, 7) is 4.00. The van der Waals surface area contributed by atoms with E-state index < -0.39 is 6.10 Å². The topological polar surface area (TPSA) is 49.8 Å². The second kappa shape index (κ2) is 3.61. The first-order valence-corrected chi connectivity index (χ1v) is 4.98. The molecular weight excluding hydrogens is 182 g/mol. The summed E-state index contributed by atoms with van der Waals surface area (Å²) >= 11 is 0. The summed E-state index contributed by atoms with van der Waals surface area (Å²) in [5.74, 6) is 0. The molecule has 0 aromatic carbocycles. The summed E-state index contributed by atoms with van der Waals surface area (Å²) in [4.78, 5) is 13.1. The lowest BCUT2D eigenvalue weighted by atomic mass is 9.93. The number of hydrogen-bond donors (Lipinski definition) is 1. The number of nitrogens with zero attached hydrogens (tertiary/aromatic N) is 1. The Hall–Kier alpha value is -1.03. The van der Waals surface area contributed by atoms with E-state index in [1.165, 1.54) is 0 Å². The van der Waals surface area contributed by atoms with Crippen LogP contribution in [-0.2, 0) is 4.74 Å². The molecule has 4 heteroatoms. The van der Waals surface area contributed by atoms with Crippen molar-refractivity contribution in [3.63, 3.8) is 0 Å². The molecule has 0 aliphatic carbocycles. The molecule has 0 aromatic heterocycles. The van der Waals surface area contributed by atoms with Crippen LogP contribution in [0.25, 0.3) is 0 Å². The van der Waals surface area contributed by atoms with E-state index in [4.69, 9.17) is 4.74 Å². The normalized spacial score (nSPS) is 36.5. The smallest absolute Gasteiger partial charge is 0.410 e. The van der Waals surface area contributed by atoms with Gasteiger partial charge < -0.3 is 9.84 Å². The summed E-state index contributed by atoms with van der Waals surface area (Å²) in [6, 6.07) is 0.0251. The number of piperidine rings is 1. The number of ether oxygens (including phenoxy) is 1. The molecule has 78 valence electrons. The van der Waals surface area contributed by atoms with Crippen LogP contribution in [0.4, 0.5) is 4.79 Å². The van der Waals surface area contributed by atoms with Gasteiger partial charge in [-0.2, -0.15) is 0 Å². The van der Waals surface area contributed by atoms with Crippen molar-refractivity contribution >= 4 is 6.09 Å². The second-order valence-corrected chi connectivity index (χ2v) is 3.87. The Morgan fingerprint density at radius 1 is 1.64 bits per heavy atom. The van der Waals surface area contributed by atoms with Gasteiger partial charge in [0.05, 0.1) is 12.1 Å². The minimum Gasteiger partial charge on any atom is -0.447 e. The number of fused-ring (bicyclic) bond motifs is 1. The first kappa shape index (κ1) is 9.52. The lowest BCUT2D eigenvalue weighted by molar-refractivity contribution is 0.0236. The highest BCUT2D eigenvalue weighted by atomic mass is 16.6. The summed E-state index contributed by atoms with van der Waals surface area (Å²) < 4.78 is 4.94. The number of carbonyl (C=O) groups excluding carboxylic acids is 1. The van der Waals surface area contributed by atoms with Gasteiger partial charge in [0.15, 0.2) is 0 Å². The largest absolute Gasteiger partial charge is 0.447 e. The summed E-state index contributed by atoms with van der Waals surface area (Å²) in [5, 5.41) is 9.68. The third-order valence-corrected chi connectivity index (χ3v) is 3.02. The zero-order valence-corrected chi connectivity index (χ0v) is 8.06. The van der Waals surface area contributed by atoms with E-state index in [-0.39, 0.29) is 18.2 Å². The number of aliphatic hydroxyl groups is 1. The summed E-state index contributed by atoms with van der Waals surface area (Å²) in [6.07, 6.45) is 3.45. The maximum atomic E-state index is 11.4. The molecule has 4 nitrogen and oxygen atoms in total. The van der Waals surface area contributed by atoms with Gasteiger partial charge in [-0.15, -0.1) is 6.58 Å². The van der Waals surface area contributed by atoms with Crippen LogP contribution in [0.2, 0.25) is 0 Å².